The fourth-order valence-corrected chi connectivity index (χ4v) is 7.27. The van der Waals surface area contributed by atoms with Gasteiger partial charge in [0, 0.05) is 13.1 Å². The molecule has 1 aliphatic rings. The third kappa shape index (κ3) is 18.8. The number of nitrogens with one attached hydrogen (secondary N) is 1. The first-order chi connectivity index (χ1) is 26.8. The quantitative estimate of drug-likeness (QED) is 0.0494. The van der Waals surface area contributed by atoms with Gasteiger partial charge in [0.2, 0.25) is 5.91 Å². The first kappa shape index (κ1) is 48.4. The zero-order chi connectivity index (χ0) is 40.1. The van der Waals surface area contributed by atoms with E-state index in [9.17, 15) is 29.7 Å². The Morgan fingerprint density at radius 3 is 1.71 bits per heavy atom. The molecule has 0 unspecified atom stereocenters. The number of hydrogen-bond donors (Lipinski definition) is 5. The van der Waals surface area contributed by atoms with Crippen LogP contribution in [0.3, 0.4) is 0 Å². The Kier molecular flexibility index (Phi) is 26.7. The number of carbonyl (C=O) groups is 3. The molecule has 6 N–H and O–H groups in total. The van der Waals surface area contributed by atoms with Gasteiger partial charge in [0.15, 0.2) is 6.23 Å². The Bertz CT molecular complexity index is 1140. The summed E-state index contributed by atoms with van der Waals surface area (Å²) in [6.07, 6.45) is 18.1. The molecular formula is C43H76N4O8. The van der Waals surface area contributed by atoms with E-state index < -0.39 is 61.8 Å². The van der Waals surface area contributed by atoms with Crippen LogP contribution in [0.4, 0.5) is 9.59 Å². The van der Waals surface area contributed by atoms with Crippen LogP contribution in [-0.4, -0.2) is 100.0 Å². The second-order valence-corrected chi connectivity index (χ2v) is 15.2. The van der Waals surface area contributed by atoms with E-state index >= 15 is 0 Å². The van der Waals surface area contributed by atoms with Crippen LogP contribution in [0.25, 0.3) is 0 Å². The van der Waals surface area contributed by atoms with E-state index in [1.807, 2.05) is 6.07 Å². The molecule has 1 aliphatic heterocycles. The van der Waals surface area contributed by atoms with Gasteiger partial charge in [-0.3, -0.25) is 9.69 Å². The van der Waals surface area contributed by atoms with Crippen LogP contribution < -0.4 is 11.1 Å². The van der Waals surface area contributed by atoms with Crippen LogP contribution in [0.1, 0.15) is 161 Å². The molecule has 1 aromatic rings. The number of benzene rings is 1. The zero-order valence-corrected chi connectivity index (χ0v) is 34.2. The van der Waals surface area contributed by atoms with Crippen LogP contribution in [0.5, 0.6) is 0 Å². The summed E-state index contributed by atoms with van der Waals surface area (Å²) in [5.41, 5.74) is 6.43. The van der Waals surface area contributed by atoms with E-state index in [0.29, 0.717) is 23.4 Å². The minimum atomic E-state index is -1.77. The molecule has 0 spiro atoms. The molecule has 4 amide bonds. The Labute approximate surface area is 331 Å². The van der Waals surface area contributed by atoms with Crippen molar-refractivity contribution in [3.8, 4) is 0 Å². The second-order valence-electron chi connectivity index (χ2n) is 15.2. The Balaban J connectivity index is 2.14. The number of imide groups is 1. The number of rotatable bonds is 30. The summed E-state index contributed by atoms with van der Waals surface area (Å²) < 4.78 is 11.6. The highest BCUT2D eigenvalue weighted by Gasteiger charge is 2.53. The van der Waals surface area contributed by atoms with Gasteiger partial charge in [0.05, 0.1) is 13.2 Å². The van der Waals surface area contributed by atoms with Crippen molar-refractivity contribution in [2.45, 2.75) is 192 Å². The van der Waals surface area contributed by atoms with Gasteiger partial charge in [-0.1, -0.05) is 173 Å². The molecule has 55 heavy (non-hydrogen) atoms. The van der Waals surface area contributed by atoms with Gasteiger partial charge >= 0.3 is 12.1 Å². The number of amides is 4. The number of ether oxygens (including phenoxy) is 2. The van der Waals surface area contributed by atoms with Crippen molar-refractivity contribution < 1.29 is 39.2 Å². The topological polar surface area (TPSA) is 175 Å². The predicted octanol–water partition coefficient (Wildman–Crippen LogP) is 7.55. The summed E-state index contributed by atoms with van der Waals surface area (Å²) in [7, 11) is 0. The highest BCUT2D eigenvalue weighted by Crippen LogP contribution is 2.29. The van der Waals surface area contributed by atoms with Crippen molar-refractivity contribution in [1.29, 1.82) is 0 Å². The van der Waals surface area contributed by atoms with Gasteiger partial charge in [-0.05, 0) is 18.4 Å². The summed E-state index contributed by atoms with van der Waals surface area (Å²) in [6.45, 7) is 3.65. The Hall–Kier alpha value is -2.77. The lowest BCUT2D eigenvalue weighted by molar-refractivity contribution is -0.238. The molecule has 0 aliphatic carbocycles. The summed E-state index contributed by atoms with van der Waals surface area (Å²) in [4.78, 5) is 43.0. The van der Waals surface area contributed by atoms with Crippen molar-refractivity contribution in [2.24, 2.45) is 5.73 Å². The summed E-state index contributed by atoms with van der Waals surface area (Å²) in [5.74, 6) is -0.874. The molecule has 12 heteroatoms. The maximum atomic E-state index is 14.0. The molecule has 0 bridgehead atoms. The van der Waals surface area contributed by atoms with Crippen molar-refractivity contribution in [3.05, 3.63) is 35.9 Å². The number of hydrogen-bond acceptors (Lipinski definition) is 9. The summed E-state index contributed by atoms with van der Waals surface area (Å²) >= 11 is 0. The molecule has 316 valence electrons. The number of urea groups is 1. The number of nitrogens with two attached hydrogens (primary N) is 1. The number of aliphatic hydroxyl groups is 3. The first-order valence-corrected chi connectivity index (χ1v) is 21.7. The zero-order valence-electron chi connectivity index (χ0n) is 34.2. The number of aliphatic hydroxyl groups excluding tert-OH is 3. The molecule has 0 saturated carbocycles. The van der Waals surface area contributed by atoms with Gasteiger partial charge < -0.3 is 35.8 Å². The van der Waals surface area contributed by atoms with E-state index in [4.69, 9.17) is 15.2 Å². The molecule has 1 saturated heterocycles. The average Bonchev–Trinajstić information content (AvgIpc) is 3.20. The van der Waals surface area contributed by atoms with Crippen LogP contribution in [0, 0.1) is 0 Å². The smallest absolute Gasteiger partial charge is 0.417 e. The largest absolute Gasteiger partial charge is 0.444 e. The fourth-order valence-electron chi connectivity index (χ4n) is 7.27. The number of unbranched alkanes of at least 4 members (excludes halogenated alkanes) is 20. The van der Waals surface area contributed by atoms with Crippen LogP contribution in [0.15, 0.2) is 30.3 Å². The monoisotopic (exact) mass is 777 g/mol. The highest BCUT2D eigenvalue weighted by molar-refractivity contribution is 5.93. The van der Waals surface area contributed by atoms with Crippen molar-refractivity contribution >= 4 is 18.0 Å². The molecule has 1 heterocycles. The van der Waals surface area contributed by atoms with Crippen molar-refractivity contribution in [3.63, 3.8) is 0 Å². The van der Waals surface area contributed by atoms with Crippen molar-refractivity contribution in [2.75, 3.05) is 26.2 Å². The van der Waals surface area contributed by atoms with Gasteiger partial charge in [-0.2, -0.15) is 0 Å². The summed E-state index contributed by atoms with van der Waals surface area (Å²) in [6, 6.07) is 6.87. The molecule has 12 nitrogen and oxygen atoms in total. The fraction of sp³-hybridized carbons (Fsp3) is 0.791. The second kappa shape index (κ2) is 30.4. The number of nitrogens with zero attached hydrogens (tertiary/aromatic N) is 2. The lowest BCUT2D eigenvalue weighted by atomic mass is 9.93. The molecule has 0 aromatic heterocycles. The van der Waals surface area contributed by atoms with Gasteiger partial charge in [-0.25, -0.2) is 14.5 Å². The average molecular weight is 777 g/mol. The Morgan fingerprint density at radius 2 is 1.22 bits per heavy atom. The van der Waals surface area contributed by atoms with Crippen molar-refractivity contribution in [1.82, 2.24) is 15.1 Å². The molecule has 1 aromatic carbocycles. The summed E-state index contributed by atoms with van der Waals surface area (Å²) in [5, 5.41) is 35.6. The lowest BCUT2D eigenvalue weighted by Crippen LogP contribution is -2.71. The first-order valence-electron chi connectivity index (χ1n) is 21.7. The SMILES string of the molecule is CCCCCCCCCCCCCCNC(=O)N(CCCCCCCCCCCC)[C@@H]1O[C@H](CO)[C@H](O)[C@H](O)[C@H]1N(C(=O)CN)C(=O)OCc1ccccc1. The van der Waals surface area contributed by atoms with E-state index in [1.54, 1.807) is 24.3 Å². The molecule has 5 atom stereocenters. The minimum Gasteiger partial charge on any atom is -0.444 e. The van der Waals surface area contributed by atoms with E-state index in [-0.39, 0.29) is 13.2 Å². The molecule has 0 radical (unpaired) electrons. The number of carbonyl (C=O) groups excluding carboxylic acids is 3. The molecular weight excluding hydrogens is 700 g/mol. The van der Waals surface area contributed by atoms with Crippen LogP contribution in [-0.2, 0) is 20.9 Å². The van der Waals surface area contributed by atoms with Gasteiger partial charge in [0.25, 0.3) is 0 Å². The maximum absolute atomic E-state index is 14.0. The molecule has 2 rings (SSSR count). The van der Waals surface area contributed by atoms with E-state index in [0.717, 1.165) is 44.9 Å². The highest BCUT2D eigenvalue weighted by atomic mass is 16.6. The van der Waals surface area contributed by atoms with Crippen LogP contribution in [0.2, 0.25) is 0 Å². The van der Waals surface area contributed by atoms with E-state index in [1.165, 1.54) is 94.8 Å². The predicted molar refractivity (Wildman–Crippen MR) is 217 cm³/mol. The normalized spacial score (nSPS) is 19.6. The van der Waals surface area contributed by atoms with Gasteiger partial charge in [0.1, 0.15) is 31.0 Å². The standard InChI is InChI=1S/C43H76N4O8/c1-3-5-7-9-11-13-15-16-17-19-21-26-30-45-42(52)46(31-27-22-20-18-14-12-10-8-6-4-2)41-38(40(51)39(50)36(33-48)55-41)47(37(49)32-44)43(53)54-34-35-28-24-23-25-29-35/h23-25,28-29,36,38-41,48,50-51H,3-22,26-27,30-34,44H2,1-2H3,(H,45,52)/t36-,38-,39+,40-,41-/m1/s1. The van der Waals surface area contributed by atoms with E-state index in [2.05, 4.69) is 19.2 Å². The third-order valence-electron chi connectivity index (χ3n) is 10.6. The molecule has 1 fully saturated rings. The lowest BCUT2D eigenvalue weighted by Gasteiger charge is -2.49. The minimum absolute atomic E-state index is 0.161. The maximum Gasteiger partial charge on any atom is 0.417 e. The third-order valence-corrected chi connectivity index (χ3v) is 10.6. The van der Waals surface area contributed by atoms with Gasteiger partial charge in [-0.15, -0.1) is 0 Å². The van der Waals surface area contributed by atoms with Crippen LogP contribution >= 0.6 is 0 Å². The Morgan fingerprint density at radius 1 is 0.727 bits per heavy atom.